The average molecular weight is 336 g/mol. The highest BCUT2D eigenvalue weighted by atomic mass is 19.3. The van der Waals surface area contributed by atoms with Gasteiger partial charge in [0.15, 0.2) is 0 Å². The molecule has 0 spiro atoms. The predicted octanol–water partition coefficient (Wildman–Crippen LogP) is 4.36. The molecule has 0 heterocycles. The second-order valence-electron chi connectivity index (χ2n) is 5.43. The SMILES string of the molecule is Cc1ccc(CNC(C)c2cccc(OC(F)F)c2)cc1[N+](=O)[O-]. The molecular weight excluding hydrogens is 318 g/mol. The molecule has 0 fully saturated rings. The molecule has 2 aromatic carbocycles. The number of nitro groups is 1. The first kappa shape index (κ1) is 17.8. The summed E-state index contributed by atoms with van der Waals surface area (Å²) < 4.78 is 28.9. The minimum atomic E-state index is -2.86. The van der Waals surface area contributed by atoms with Gasteiger partial charge in [-0.15, -0.1) is 0 Å². The van der Waals surface area contributed by atoms with Crippen molar-refractivity contribution in [1.29, 1.82) is 0 Å². The summed E-state index contributed by atoms with van der Waals surface area (Å²) in [5, 5.41) is 14.2. The summed E-state index contributed by atoms with van der Waals surface area (Å²) in [6.07, 6.45) is 0. The summed E-state index contributed by atoms with van der Waals surface area (Å²) in [6.45, 7) is 1.12. The number of nitrogens with zero attached hydrogens (tertiary/aromatic N) is 1. The highest BCUT2D eigenvalue weighted by Gasteiger charge is 2.12. The zero-order valence-electron chi connectivity index (χ0n) is 13.3. The number of nitro benzene ring substituents is 1. The molecule has 24 heavy (non-hydrogen) atoms. The van der Waals surface area contributed by atoms with Gasteiger partial charge in [-0.1, -0.05) is 24.3 Å². The molecule has 0 aliphatic carbocycles. The summed E-state index contributed by atoms with van der Waals surface area (Å²) in [4.78, 5) is 10.6. The molecule has 0 bridgehead atoms. The summed E-state index contributed by atoms with van der Waals surface area (Å²) >= 11 is 0. The Balaban J connectivity index is 2.04. The van der Waals surface area contributed by atoms with Crippen molar-refractivity contribution >= 4 is 5.69 Å². The van der Waals surface area contributed by atoms with E-state index in [0.29, 0.717) is 12.1 Å². The highest BCUT2D eigenvalue weighted by Crippen LogP contribution is 2.22. The largest absolute Gasteiger partial charge is 0.435 e. The molecule has 0 radical (unpaired) electrons. The van der Waals surface area contributed by atoms with Crippen LogP contribution in [0.3, 0.4) is 0 Å². The Kier molecular flexibility index (Phi) is 5.81. The van der Waals surface area contributed by atoms with Crippen molar-refractivity contribution in [2.24, 2.45) is 0 Å². The minimum absolute atomic E-state index is 0.0780. The van der Waals surface area contributed by atoms with Gasteiger partial charge in [0, 0.05) is 24.2 Å². The number of benzene rings is 2. The summed E-state index contributed by atoms with van der Waals surface area (Å²) in [7, 11) is 0. The maximum atomic E-state index is 12.3. The highest BCUT2D eigenvalue weighted by molar-refractivity contribution is 5.42. The van der Waals surface area contributed by atoms with Crippen LogP contribution in [-0.2, 0) is 6.54 Å². The zero-order valence-corrected chi connectivity index (χ0v) is 13.3. The fourth-order valence-corrected chi connectivity index (χ4v) is 2.31. The molecule has 1 unspecified atom stereocenters. The Labute approximate surface area is 138 Å². The molecule has 0 aliphatic heterocycles. The van der Waals surface area contributed by atoms with E-state index in [9.17, 15) is 18.9 Å². The first-order valence-corrected chi connectivity index (χ1v) is 7.39. The van der Waals surface area contributed by atoms with Crippen LogP contribution in [0.2, 0.25) is 0 Å². The van der Waals surface area contributed by atoms with Crippen LogP contribution < -0.4 is 10.1 Å². The molecule has 2 aromatic rings. The van der Waals surface area contributed by atoms with Gasteiger partial charge in [0.2, 0.25) is 0 Å². The first-order chi connectivity index (χ1) is 11.4. The Morgan fingerprint density at radius 3 is 2.67 bits per heavy atom. The Hall–Kier alpha value is -2.54. The number of rotatable bonds is 7. The lowest BCUT2D eigenvalue weighted by Crippen LogP contribution is -2.18. The standard InChI is InChI=1S/C17H18F2N2O3/c1-11-6-7-13(8-16(11)21(22)23)10-20-12(2)14-4-3-5-15(9-14)24-17(18)19/h3-9,12,17,20H,10H2,1-2H3. The Morgan fingerprint density at radius 2 is 2.00 bits per heavy atom. The molecule has 0 saturated heterocycles. The van der Waals surface area contributed by atoms with E-state index < -0.39 is 11.5 Å². The van der Waals surface area contributed by atoms with Gasteiger partial charge in [-0.2, -0.15) is 8.78 Å². The van der Waals surface area contributed by atoms with E-state index in [1.54, 1.807) is 31.2 Å². The monoisotopic (exact) mass is 336 g/mol. The Morgan fingerprint density at radius 1 is 1.25 bits per heavy atom. The fraction of sp³-hybridized carbons (Fsp3) is 0.294. The fourth-order valence-electron chi connectivity index (χ4n) is 2.31. The molecule has 0 amide bonds. The van der Waals surface area contributed by atoms with E-state index in [-0.39, 0.29) is 17.5 Å². The molecule has 0 aliphatic rings. The van der Waals surface area contributed by atoms with Crippen LogP contribution in [0, 0.1) is 17.0 Å². The maximum Gasteiger partial charge on any atom is 0.387 e. The van der Waals surface area contributed by atoms with Crippen molar-refractivity contribution in [2.75, 3.05) is 0 Å². The molecule has 1 N–H and O–H groups in total. The van der Waals surface area contributed by atoms with Gasteiger partial charge in [-0.25, -0.2) is 0 Å². The number of hydrogen-bond donors (Lipinski definition) is 1. The van der Waals surface area contributed by atoms with Crippen LogP contribution in [0.25, 0.3) is 0 Å². The van der Waals surface area contributed by atoms with Gasteiger partial charge in [0.05, 0.1) is 4.92 Å². The average Bonchev–Trinajstić information content (AvgIpc) is 2.53. The molecular formula is C17H18F2N2O3. The van der Waals surface area contributed by atoms with Crippen molar-refractivity contribution < 1.29 is 18.4 Å². The molecule has 0 aromatic heterocycles. The van der Waals surface area contributed by atoms with Crippen LogP contribution in [0.15, 0.2) is 42.5 Å². The van der Waals surface area contributed by atoms with Gasteiger partial charge in [0.1, 0.15) is 5.75 Å². The topological polar surface area (TPSA) is 64.4 Å². The van der Waals surface area contributed by atoms with Gasteiger partial charge >= 0.3 is 6.61 Å². The molecule has 1 atom stereocenters. The number of alkyl halides is 2. The summed E-state index contributed by atoms with van der Waals surface area (Å²) in [6, 6.07) is 11.4. The van der Waals surface area contributed by atoms with Gasteiger partial charge in [0.25, 0.3) is 5.69 Å². The van der Waals surface area contributed by atoms with E-state index in [2.05, 4.69) is 10.1 Å². The van der Waals surface area contributed by atoms with Crippen LogP contribution in [0.4, 0.5) is 14.5 Å². The van der Waals surface area contributed by atoms with E-state index in [4.69, 9.17) is 0 Å². The third-order valence-electron chi connectivity index (χ3n) is 3.67. The van der Waals surface area contributed by atoms with Crippen molar-refractivity contribution in [3.05, 3.63) is 69.3 Å². The number of ether oxygens (including phenoxy) is 1. The lowest BCUT2D eigenvalue weighted by molar-refractivity contribution is -0.385. The van der Waals surface area contributed by atoms with Gasteiger partial charge in [-0.05, 0) is 37.1 Å². The lowest BCUT2D eigenvalue weighted by Gasteiger charge is -2.15. The third-order valence-corrected chi connectivity index (χ3v) is 3.67. The second kappa shape index (κ2) is 7.83. The maximum absolute atomic E-state index is 12.3. The van der Waals surface area contributed by atoms with Crippen molar-refractivity contribution in [3.63, 3.8) is 0 Å². The molecule has 0 saturated carbocycles. The predicted molar refractivity (Wildman–Crippen MR) is 86.2 cm³/mol. The van der Waals surface area contributed by atoms with Crippen LogP contribution in [0.5, 0.6) is 5.75 Å². The number of aryl methyl sites for hydroxylation is 1. The third kappa shape index (κ3) is 4.73. The van der Waals surface area contributed by atoms with Crippen molar-refractivity contribution in [1.82, 2.24) is 5.32 Å². The van der Waals surface area contributed by atoms with Crippen molar-refractivity contribution in [2.45, 2.75) is 33.0 Å². The van der Waals surface area contributed by atoms with Gasteiger partial charge < -0.3 is 10.1 Å². The molecule has 128 valence electrons. The molecule has 2 rings (SSSR count). The normalized spacial score (nSPS) is 12.2. The smallest absolute Gasteiger partial charge is 0.387 e. The molecule has 7 heteroatoms. The van der Waals surface area contributed by atoms with E-state index >= 15 is 0 Å². The Bertz CT molecular complexity index is 723. The van der Waals surface area contributed by atoms with Gasteiger partial charge in [-0.3, -0.25) is 10.1 Å². The van der Waals surface area contributed by atoms with Crippen LogP contribution in [-0.4, -0.2) is 11.5 Å². The van der Waals surface area contributed by atoms with E-state index in [1.807, 2.05) is 13.0 Å². The van der Waals surface area contributed by atoms with E-state index in [0.717, 1.165) is 11.1 Å². The van der Waals surface area contributed by atoms with E-state index in [1.165, 1.54) is 12.1 Å². The summed E-state index contributed by atoms with van der Waals surface area (Å²) in [5.41, 5.74) is 2.25. The zero-order chi connectivity index (χ0) is 17.7. The lowest BCUT2D eigenvalue weighted by atomic mass is 10.1. The number of nitrogens with one attached hydrogen (secondary N) is 1. The minimum Gasteiger partial charge on any atom is -0.435 e. The second-order valence-corrected chi connectivity index (χ2v) is 5.43. The quantitative estimate of drug-likeness (QED) is 0.603. The van der Waals surface area contributed by atoms with Crippen LogP contribution >= 0.6 is 0 Å². The number of halogens is 2. The van der Waals surface area contributed by atoms with Crippen molar-refractivity contribution in [3.8, 4) is 5.75 Å². The summed E-state index contributed by atoms with van der Waals surface area (Å²) in [5.74, 6) is 0.0992. The molecule has 5 nitrogen and oxygen atoms in total. The number of hydrogen-bond acceptors (Lipinski definition) is 4. The first-order valence-electron chi connectivity index (χ1n) is 7.39. The van der Waals surface area contributed by atoms with Crippen LogP contribution in [0.1, 0.15) is 29.7 Å².